The van der Waals surface area contributed by atoms with Gasteiger partial charge < -0.3 is 15.2 Å². The summed E-state index contributed by atoms with van der Waals surface area (Å²) in [6.07, 6.45) is 2.51. The van der Waals surface area contributed by atoms with Gasteiger partial charge >= 0.3 is 0 Å². The average molecular weight is 217 g/mol. The molecule has 1 aliphatic heterocycles. The molecule has 0 amide bonds. The Labute approximate surface area is 94.0 Å². The van der Waals surface area contributed by atoms with Gasteiger partial charge in [-0.15, -0.1) is 0 Å². The summed E-state index contributed by atoms with van der Waals surface area (Å²) >= 11 is 0. The van der Waals surface area contributed by atoms with Crippen LogP contribution in [-0.4, -0.2) is 24.3 Å². The molecule has 3 rings (SSSR count). The van der Waals surface area contributed by atoms with Crippen molar-refractivity contribution in [3.05, 3.63) is 24.3 Å². The lowest BCUT2D eigenvalue weighted by Gasteiger charge is -2.10. The second-order valence-corrected chi connectivity index (χ2v) is 4.20. The van der Waals surface area contributed by atoms with E-state index in [1.165, 1.54) is 12.8 Å². The van der Waals surface area contributed by atoms with Gasteiger partial charge in [0.1, 0.15) is 0 Å². The highest BCUT2D eigenvalue weighted by atomic mass is 16.5. The zero-order chi connectivity index (χ0) is 10.8. The molecule has 2 heterocycles. The predicted octanol–water partition coefficient (Wildman–Crippen LogP) is 1.99. The molecular weight excluding hydrogens is 202 g/mol. The van der Waals surface area contributed by atoms with E-state index in [0.717, 1.165) is 29.9 Å². The maximum Gasteiger partial charge on any atom is 0.177 e. The van der Waals surface area contributed by atoms with Crippen molar-refractivity contribution in [2.45, 2.75) is 18.9 Å². The molecule has 0 radical (unpaired) electrons. The number of hydrogen-bond acceptors (Lipinski definition) is 4. The van der Waals surface area contributed by atoms with Crippen LogP contribution in [0, 0.1) is 0 Å². The molecule has 84 valence electrons. The molecular formula is C12H15N3O. The molecule has 16 heavy (non-hydrogen) atoms. The van der Waals surface area contributed by atoms with Crippen LogP contribution in [0.1, 0.15) is 12.8 Å². The Morgan fingerprint density at radius 3 is 3.25 bits per heavy atom. The third-order valence-corrected chi connectivity index (χ3v) is 3.06. The minimum Gasteiger partial charge on any atom is -0.365 e. The van der Waals surface area contributed by atoms with E-state index in [9.17, 15) is 0 Å². The summed E-state index contributed by atoms with van der Waals surface area (Å²) in [5.74, 6) is 0.851. The van der Waals surface area contributed by atoms with Crippen LogP contribution in [0.4, 0.5) is 5.82 Å². The third kappa shape index (κ3) is 1.76. The zero-order valence-corrected chi connectivity index (χ0v) is 9.07. The number of para-hydroxylation sites is 1. The molecule has 4 heteroatoms. The summed E-state index contributed by atoms with van der Waals surface area (Å²) in [4.78, 5) is 0. The van der Waals surface area contributed by atoms with Crippen molar-refractivity contribution in [1.82, 2.24) is 10.5 Å². The quantitative estimate of drug-likeness (QED) is 0.825. The second kappa shape index (κ2) is 4.14. The Balaban J connectivity index is 1.73. The summed E-state index contributed by atoms with van der Waals surface area (Å²) in [6.45, 7) is 2.04. The molecule has 1 fully saturated rings. The van der Waals surface area contributed by atoms with E-state index >= 15 is 0 Å². The Morgan fingerprint density at radius 1 is 1.44 bits per heavy atom. The Morgan fingerprint density at radius 2 is 2.38 bits per heavy atom. The van der Waals surface area contributed by atoms with Gasteiger partial charge in [0.25, 0.3) is 0 Å². The van der Waals surface area contributed by atoms with Crippen molar-refractivity contribution >= 4 is 16.8 Å². The van der Waals surface area contributed by atoms with Crippen molar-refractivity contribution in [3.8, 4) is 0 Å². The van der Waals surface area contributed by atoms with Crippen molar-refractivity contribution in [2.24, 2.45) is 0 Å². The molecule has 1 aliphatic rings. The standard InChI is InChI=1S/C12H15N3O/c1-2-6-11-10(5-1)12(15-16-11)14-8-9-4-3-7-13-9/h1-2,5-6,9,13H,3-4,7-8H2,(H,14,15). The van der Waals surface area contributed by atoms with Crippen LogP contribution in [0.3, 0.4) is 0 Å². The first-order valence-electron chi connectivity index (χ1n) is 5.75. The molecule has 1 saturated heterocycles. The Hall–Kier alpha value is -1.55. The lowest BCUT2D eigenvalue weighted by atomic mass is 10.2. The molecule has 1 atom stereocenters. The van der Waals surface area contributed by atoms with E-state index in [0.29, 0.717) is 6.04 Å². The summed E-state index contributed by atoms with van der Waals surface area (Å²) in [7, 11) is 0. The summed E-state index contributed by atoms with van der Waals surface area (Å²) in [5, 5.41) is 11.9. The maximum atomic E-state index is 5.23. The Bertz CT molecular complexity index is 474. The first-order chi connectivity index (χ1) is 7.93. The van der Waals surface area contributed by atoms with Crippen LogP contribution in [0.15, 0.2) is 28.8 Å². The van der Waals surface area contributed by atoms with Crippen LogP contribution < -0.4 is 10.6 Å². The molecule has 2 N–H and O–H groups in total. The number of hydrogen-bond donors (Lipinski definition) is 2. The van der Waals surface area contributed by atoms with Crippen LogP contribution in [-0.2, 0) is 0 Å². The number of rotatable bonds is 3. The number of nitrogens with one attached hydrogen (secondary N) is 2. The van der Waals surface area contributed by atoms with Gasteiger partial charge in [-0.05, 0) is 31.5 Å². The molecule has 0 aliphatic carbocycles. The number of aromatic nitrogens is 1. The Kier molecular flexibility index (Phi) is 2.50. The maximum absolute atomic E-state index is 5.23. The van der Waals surface area contributed by atoms with E-state index in [-0.39, 0.29) is 0 Å². The first-order valence-corrected chi connectivity index (χ1v) is 5.75. The van der Waals surface area contributed by atoms with Gasteiger partial charge in [0.15, 0.2) is 11.4 Å². The summed E-state index contributed by atoms with van der Waals surface area (Å²) in [5.41, 5.74) is 0.837. The number of fused-ring (bicyclic) bond motifs is 1. The van der Waals surface area contributed by atoms with E-state index < -0.39 is 0 Å². The van der Waals surface area contributed by atoms with Gasteiger partial charge in [-0.2, -0.15) is 0 Å². The van der Waals surface area contributed by atoms with E-state index in [2.05, 4.69) is 15.8 Å². The molecule has 1 unspecified atom stereocenters. The fourth-order valence-corrected chi connectivity index (χ4v) is 2.16. The molecule has 2 aromatic rings. The first kappa shape index (κ1) is 9.66. The van der Waals surface area contributed by atoms with Gasteiger partial charge in [-0.1, -0.05) is 17.3 Å². The zero-order valence-electron chi connectivity index (χ0n) is 9.07. The molecule has 0 bridgehead atoms. The van der Waals surface area contributed by atoms with Crippen LogP contribution in [0.2, 0.25) is 0 Å². The van der Waals surface area contributed by atoms with Crippen molar-refractivity contribution < 1.29 is 4.52 Å². The molecule has 1 aromatic heterocycles. The smallest absolute Gasteiger partial charge is 0.177 e. The number of benzene rings is 1. The van der Waals surface area contributed by atoms with Crippen LogP contribution in [0.5, 0.6) is 0 Å². The van der Waals surface area contributed by atoms with Crippen LogP contribution >= 0.6 is 0 Å². The fourth-order valence-electron chi connectivity index (χ4n) is 2.16. The monoisotopic (exact) mass is 217 g/mol. The third-order valence-electron chi connectivity index (χ3n) is 3.06. The van der Waals surface area contributed by atoms with Gasteiger partial charge in [0.05, 0.1) is 5.39 Å². The molecule has 4 nitrogen and oxygen atoms in total. The average Bonchev–Trinajstić information content (AvgIpc) is 2.96. The lowest BCUT2D eigenvalue weighted by molar-refractivity contribution is 0.458. The topological polar surface area (TPSA) is 50.1 Å². The summed E-state index contributed by atoms with van der Waals surface area (Å²) in [6, 6.07) is 8.47. The van der Waals surface area contributed by atoms with E-state index in [1.54, 1.807) is 0 Å². The largest absolute Gasteiger partial charge is 0.365 e. The molecule has 1 aromatic carbocycles. The van der Waals surface area contributed by atoms with Crippen molar-refractivity contribution in [2.75, 3.05) is 18.4 Å². The van der Waals surface area contributed by atoms with Gasteiger partial charge in [0.2, 0.25) is 0 Å². The number of anilines is 1. The van der Waals surface area contributed by atoms with Crippen molar-refractivity contribution in [3.63, 3.8) is 0 Å². The highest BCUT2D eigenvalue weighted by molar-refractivity contribution is 5.87. The predicted molar refractivity (Wildman–Crippen MR) is 63.5 cm³/mol. The minimum atomic E-state index is 0.565. The van der Waals surface area contributed by atoms with E-state index in [1.807, 2.05) is 24.3 Å². The lowest BCUT2D eigenvalue weighted by Crippen LogP contribution is -2.29. The van der Waals surface area contributed by atoms with E-state index in [4.69, 9.17) is 4.52 Å². The highest BCUT2D eigenvalue weighted by Crippen LogP contribution is 2.22. The van der Waals surface area contributed by atoms with Crippen LogP contribution in [0.25, 0.3) is 11.0 Å². The highest BCUT2D eigenvalue weighted by Gasteiger charge is 2.14. The van der Waals surface area contributed by atoms with Crippen molar-refractivity contribution in [1.29, 1.82) is 0 Å². The molecule has 0 spiro atoms. The van der Waals surface area contributed by atoms with Gasteiger partial charge in [-0.25, -0.2) is 0 Å². The van der Waals surface area contributed by atoms with Gasteiger partial charge in [0, 0.05) is 12.6 Å². The fraction of sp³-hybridized carbons (Fsp3) is 0.417. The normalized spacial score (nSPS) is 20.4. The SMILES string of the molecule is c1ccc2c(NCC3CCCN3)noc2c1. The second-order valence-electron chi connectivity index (χ2n) is 4.20. The minimum absolute atomic E-state index is 0.565. The number of nitrogens with zero attached hydrogens (tertiary/aromatic N) is 1. The molecule has 0 saturated carbocycles. The summed E-state index contributed by atoms with van der Waals surface area (Å²) < 4.78 is 5.23. The van der Waals surface area contributed by atoms with Gasteiger partial charge in [-0.3, -0.25) is 0 Å².